The van der Waals surface area contributed by atoms with Crippen LogP contribution in [0.15, 0.2) is 18.2 Å². The van der Waals surface area contributed by atoms with E-state index in [2.05, 4.69) is 21.2 Å². The number of carbonyl (C=O) groups is 1. The number of hydrogen-bond acceptors (Lipinski definition) is 1. The fraction of sp³-hybridized carbons (Fsp3) is 0.500. The highest BCUT2D eigenvalue weighted by Crippen LogP contribution is 2.23. The molecule has 0 aliphatic heterocycles. The second kappa shape index (κ2) is 6.71. The summed E-state index contributed by atoms with van der Waals surface area (Å²) >= 11 is 9.04. The van der Waals surface area contributed by atoms with E-state index in [4.69, 9.17) is 11.6 Å². The van der Waals surface area contributed by atoms with E-state index in [9.17, 15) is 9.18 Å². The third-order valence-electron chi connectivity index (χ3n) is 2.92. The highest BCUT2D eigenvalue weighted by molar-refractivity contribution is 9.09. The zero-order chi connectivity index (χ0) is 14.6. The Hall–Kier alpha value is -0.610. The maximum atomic E-state index is 13.7. The van der Waals surface area contributed by atoms with Gasteiger partial charge in [-0.05, 0) is 30.0 Å². The molecule has 1 aromatic carbocycles. The minimum atomic E-state index is -0.600. The molecule has 0 spiro atoms. The molecule has 1 aromatic rings. The molecule has 0 fully saturated rings. The lowest BCUT2D eigenvalue weighted by molar-refractivity contribution is 0.0896. The van der Waals surface area contributed by atoms with E-state index < -0.39 is 11.7 Å². The molecule has 106 valence electrons. The number of amides is 1. The summed E-state index contributed by atoms with van der Waals surface area (Å²) in [7, 11) is 0. The first-order chi connectivity index (χ1) is 8.75. The lowest BCUT2D eigenvalue weighted by Crippen LogP contribution is -2.44. The summed E-state index contributed by atoms with van der Waals surface area (Å²) in [5, 5.41) is 3.94. The number of benzene rings is 1. The van der Waals surface area contributed by atoms with Gasteiger partial charge in [0.05, 0.1) is 5.56 Å². The molecule has 0 heterocycles. The zero-order valence-electron chi connectivity index (χ0n) is 11.3. The zero-order valence-corrected chi connectivity index (χ0v) is 13.6. The van der Waals surface area contributed by atoms with Gasteiger partial charge < -0.3 is 5.32 Å². The molecule has 0 radical (unpaired) electrons. The van der Waals surface area contributed by atoms with Gasteiger partial charge in [-0.15, -0.1) is 0 Å². The Morgan fingerprint density at radius 2 is 2.11 bits per heavy atom. The number of alkyl halides is 1. The molecule has 0 bridgehead atoms. The summed E-state index contributed by atoms with van der Waals surface area (Å²) in [5.74, 6) is -1.01. The first kappa shape index (κ1) is 16.4. The van der Waals surface area contributed by atoms with Crippen LogP contribution in [0.2, 0.25) is 5.02 Å². The molecule has 1 atom stereocenters. The van der Waals surface area contributed by atoms with Crippen molar-refractivity contribution in [3.63, 3.8) is 0 Å². The maximum absolute atomic E-state index is 13.7. The predicted octanol–water partition coefficient (Wildman–Crippen LogP) is 4.41. The van der Waals surface area contributed by atoms with Crippen LogP contribution in [0.3, 0.4) is 0 Å². The third-order valence-corrected chi connectivity index (χ3v) is 3.62. The summed E-state index contributed by atoms with van der Waals surface area (Å²) in [6, 6.07) is 4.03. The smallest absolute Gasteiger partial charge is 0.254 e. The Labute approximate surface area is 126 Å². The summed E-state index contributed by atoms with van der Waals surface area (Å²) in [4.78, 5) is 12.1. The molecule has 1 amide bonds. The van der Waals surface area contributed by atoms with Crippen molar-refractivity contribution in [1.82, 2.24) is 5.32 Å². The molecule has 5 heteroatoms. The average molecular weight is 351 g/mol. The van der Waals surface area contributed by atoms with Gasteiger partial charge in [0.15, 0.2) is 0 Å². The quantitative estimate of drug-likeness (QED) is 0.801. The highest BCUT2D eigenvalue weighted by atomic mass is 79.9. The molecule has 0 aliphatic carbocycles. The molecule has 19 heavy (non-hydrogen) atoms. The van der Waals surface area contributed by atoms with Crippen LogP contribution in [0.4, 0.5) is 4.39 Å². The van der Waals surface area contributed by atoms with Gasteiger partial charge >= 0.3 is 0 Å². The van der Waals surface area contributed by atoms with E-state index in [-0.39, 0.29) is 22.0 Å². The summed E-state index contributed by atoms with van der Waals surface area (Å²) in [6.45, 7) is 6.12. The van der Waals surface area contributed by atoms with Gasteiger partial charge in [-0.1, -0.05) is 48.3 Å². The van der Waals surface area contributed by atoms with Crippen molar-refractivity contribution in [2.45, 2.75) is 33.2 Å². The van der Waals surface area contributed by atoms with Crippen LogP contribution >= 0.6 is 27.5 Å². The van der Waals surface area contributed by atoms with Gasteiger partial charge in [0, 0.05) is 16.4 Å². The third kappa shape index (κ3) is 4.77. The largest absolute Gasteiger partial charge is 0.349 e. The molecule has 2 nitrogen and oxygen atoms in total. The van der Waals surface area contributed by atoms with Crippen LogP contribution in [0, 0.1) is 11.2 Å². The van der Waals surface area contributed by atoms with Gasteiger partial charge in [0.2, 0.25) is 0 Å². The fourth-order valence-corrected chi connectivity index (χ4v) is 2.36. The Morgan fingerprint density at radius 1 is 1.47 bits per heavy atom. The Bertz CT molecular complexity index is 459. The van der Waals surface area contributed by atoms with Crippen LogP contribution in [-0.2, 0) is 0 Å². The molecular formula is C14H18BrClFNO. The number of carbonyl (C=O) groups excluding carboxylic acids is 1. The van der Waals surface area contributed by atoms with E-state index >= 15 is 0 Å². The normalized spacial score (nSPS) is 13.2. The van der Waals surface area contributed by atoms with E-state index in [0.29, 0.717) is 0 Å². The summed E-state index contributed by atoms with van der Waals surface area (Å²) < 4.78 is 13.7. The van der Waals surface area contributed by atoms with Gasteiger partial charge in [0.25, 0.3) is 5.91 Å². The second-order valence-electron chi connectivity index (χ2n) is 5.49. The highest BCUT2D eigenvalue weighted by Gasteiger charge is 2.26. The van der Waals surface area contributed by atoms with E-state index in [1.807, 2.05) is 20.8 Å². The van der Waals surface area contributed by atoms with Crippen LogP contribution < -0.4 is 5.32 Å². The molecule has 0 aromatic heterocycles. The summed E-state index contributed by atoms with van der Waals surface area (Å²) in [5.41, 5.74) is -0.0694. The first-order valence-electron chi connectivity index (χ1n) is 6.07. The average Bonchev–Trinajstić information content (AvgIpc) is 2.26. The van der Waals surface area contributed by atoms with Crippen LogP contribution in [0.25, 0.3) is 0 Å². The Kier molecular flexibility index (Phi) is 5.81. The molecular weight excluding hydrogens is 333 g/mol. The maximum Gasteiger partial charge on any atom is 0.254 e. The number of nitrogens with one attached hydrogen (secondary N) is 1. The van der Waals surface area contributed by atoms with Gasteiger partial charge in [-0.25, -0.2) is 4.39 Å². The van der Waals surface area contributed by atoms with Gasteiger partial charge in [-0.3, -0.25) is 4.79 Å². The molecule has 0 aliphatic rings. The number of rotatable bonds is 4. The van der Waals surface area contributed by atoms with Crippen molar-refractivity contribution in [1.29, 1.82) is 0 Å². The number of halogens is 3. The monoisotopic (exact) mass is 349 g/mol. The van der Waals surface area contributed by atoms with Crippen molar-refractivity contribution in [3.8, 4) is 0 Å². The van der Waals surface area contributed by atoms with Crippen molar-refractivity contribution in [2.24, 2.45) is 5.41 Å². The first-order valence-corrected chi connectivity index (χ1v) is 7.57. The van der Waals surface area contributed by atoms with Crippen molar-refractivity contribution in [2.75, 3.05) is 5.33 Å². The topological polar surface area (TPSA) is 29.1 Å². The van der Waals surface area contributed by atoms with E-state index in [1.165, 1.54) is 12.1 Å². The van der Waals surface area contributed by atoms with Crippen LogP contribution in [0.1, 0.15) is 37.6 Å². The standard InChI is InChI=1S/C14H18BrClFNO/c1-14(2,3)12(6-7-15)18-13(19)10-5-4-9(16)8-11(10)17/h4-5,8,12H,6-7H2,1-3H3,(H,18,19). The van der Waals surface area contributed by atoms with Gasteiger partial charge in [-0.2, -0.15) is 0 Å². The Balaban J connectivity index is 2.88. The van der Waals surface area contributed by atoms with Crippen LogP contribution in [-0.4, -0.2) is 17.3 Å². The molecule has 1 N–H and O–H groups in total. The van der Waals surface area contributed by atoms with Crippen molar-refractivity contribution >= 4 is 33.4 Å². The van der Waals surface area contributed by atoms with E-state index in [0.717, 1.165) is 17.8 Å². The second-order valence-corrected chi connectivity index (χ2v) is 6.72. The molecule has 0 saturated heterocycles. The minimum Gasteiger partial charge on any atom is -0.349 e. The lowest BCUT2D eigenvalue weighted by atomic mass is 9.85. The lowest BCUT2D eigenvalue weighted by Gasteiger charge is -2.31. The van der Waals surface area contributed by atoms with Crippen molar-refractivity contribution in [3.05, 3.63) is 34.6 Å². The van der Waals surface area contributed by atoms with Crippen molar-refractivity contribution < 1.29 is 9.18 Å². The molecule has 1 unspecified atom stereocenters. The predicted molar refractivity (Wildman–Crippen MR) is 80.5 cm³/mol. The number of hydrogen-bond donors (Lipinski definition) is 1. The van der Waals surface area contributed by atoms with Crippen LogP contribution in [0.5, 0.6) is 0 Å². The Morgan fingerprint density at radius 3 is 2.58 bits per heavy atom. The summed E-state index contributed by atoms with van der Waals surface area (Å²) in [6.07, 6.45) is 0.782. The molecule has 0 saturated carbocycles. The SMILES string of the molecule is CC(C)(C)C(CCBr)NC(=O)c1ccc(Cl)cc1F. The fourth-order valence-electron chi connectivity index (χ4n) is 1.74. The van der Waals surface area contributed by atoms with E-state index in [1.54, 1.807) is 0 Å². The minimum absolute atomic E-state index is 0.0215. The van der Waals surface area contributed by atoms with Gasteiger partial charge in [0.1, 0.15) is 5.82 Å². The molecule has 1 rings (SSSR count).